The van der Waals surface area contributed by atoms with Crippen molar-refractivity contribution in [2.45, 2.75) is 52.1 Å². The van der Waals surface area contributed by atoms with E-state index in [4.69, 9.17) is 4.74 Å². The van der Waals surface area contributed by atoms with E-state index in [1.807, 2.05) is 18.5 Å². The van der Waals surface area contributed by atoms with Crippen LogP contribution in [0.2, 0.25) is 0 Å². The molecule has 1 unspecified atom stereocenters. The molecular weight excluding hydrogens is 406 g/mol. The van der Waals surface area contributed by atoms with Gasteiger partial charge in [0.15, 0.2) is 0 Å². The molecule has 2 amide bonds. The van der Waals surface area contributed by atoms with E-state index in [1.54, 1.807) is 4.90 Å². The second kappa shape index (κ2) is 8.55. The Labute approximate surface area is 187 Å². The zero-order valence-electron chi connectivity index (χ0n) is 18.8. The number of hydrogen-bond acceptors (Lipinski definition) is 5. The molecule has 170 valence electrons. The Bertz CT molecular complexity index is 1100. The average molecular weight is 438 g/mol. The van der Waals surface area contributed by atoms with Gasteiger partial charge in [0.25, 0.3) is 0 Å². The Hall–Kier alpha value is -2.91. The molecule has 9 nitrogen and oxygen atoms in total. The molecule has 1 fully saturated rings. The lowest BCUT2D eigenvalue weighted by molar-refractivity contribution is -0.0844. The van der Waals surface area contributed by atoms with E-state index in [0.29, 0.717) is 32.8 Å². The molecule has 32 heavy (non-hydrogen) atoms. The molecule has 0 aliphatic carbocycles. The van der Waals surface area contributed by atoms with Crippen LogP contribution in [-0.4, -0.2) is 67.6 Å². The molecule has 2 aliphatic rings. The highest BCUT2D eigenvalue weighted by Gasteiger charge is 2.43. The van der Waals surface area contributed by atoms with Crippen LogP contribution < -0.4 is 5.32 Å². The minimum atomic E-state index is -0.228. The molecule has 0 radical (unpaired) electrons. The Morgan fingerprint density at radius 3 is 2.97 bits per heavy atom. The molecule has 5 rings (SSSR count). The van der Waals surface area contributed by atoms with E-state index in [9.17, 15) is 4.79 Å². The number of nitrogens with one attached hydrogen (secondary N) is 2. The standard InChI is InChI=1S/C23H31N7O2/c1-3-29(4-2)22(31)25-12-20-21-14-32-23(16-30(21)27-26-20)9-10-28(15-23)13-17-11-24-19-8-6-5-7-18(17)19/h5-8,11,24H,3-4,9-10,12-16H2,1-2H3,(H,25,31). The maximum absolute atomic E-state index is 12.2. The summed E-state index contributed by atoms with van der Waals surface area (Å²) in [6.07, 6.45) is 3.09. The van der Waals surface area contributed by atoms with Crippen LogP contribution >= 0.6 is 0 Å². The smallest absolute Gasteiger partial charge is 0.317 e. The van der Waals surface area contributed by atoms with Crippen molar-refractivity contribution >= 4 is 16.9 Å². The van der Waals surface area contributed by atoms with E-state index in [1.165, 1.54) is 16.5 Å². The van der Waals surface area contributed by atoms with Gasteiger partial charge in [0.1, 0.15) is 11.3 Å². The number of aromatic nitrogens is 4. The highest BCUT2D eigenvalue weighted by Crippen LogP contribution is 2.34. The van der Waals surface area contributed by atoms with Crippen molar-refractivity contribution < 1.29 is 9.53 Å². The number of amides is 2. The van der Waals surface area contributed by atoms with Gasteiger partial charge >= 0.3 is 6.03 Å². The number of benzene rings is 1. The zero-order chi connectivity index (χ0) is 22.1. The average Bonchev–Trinajstić information content (AvgIpc) is 3.51. The number of hydrogen-bond donors (Lipinski definition) is 2. The van der Waals surface area contributed by atoms with Gasteiger partial charge in [0.05, 0.1) is 25.4 Å². The first-order valence-corrected chi connectivity index (χ1v) is 11.5. The van der Waals surface area contributed by atoms with Crippen molar-refractivity contribution in [3.05, 3.63) is 47.4 Å². The van der Waals surface area contributed by atoms with Crippen molar-refractivity contribution in [1.29, 1.82) is 0 Å². The van der Waals surface area contributed by atoms with Gasteiger partial charge in [-0.3, -0.25) is 4.90 Å². The van der Waals surface area contributed by atoms with Gasteiger partial charge in [-0.2, -0.15) is 0 Å². The van der Waals surface area contributed by atoms with Crippen LogP contribution in [0.1, 0.15) is 37.2 Å². The number of para-hydroxylation sites is 1. The number of carbonyl (C=O) groups is 1. The molecule has 0 saturated carbocycles. The number of nitrogens with zero attached hydrogens (tertiary/aromatic N) is 5. The minimum absolute atomic E-state index is 0.0753. The maximum Gasteiger partial charge on any atom is 0.317 e. The number of ether oxygens (including phenoxy) is 1. The fourth-order valence-corrected chi connectivity index (χ4v) is 4.93. The molecular formula is C23H31N7O2. The van der Waals surface area contributed by atoms with Gasteiger partial charge < -0.3 is 19.9 Å². The van der Waals surface area contributed by atoms with Crippen molar-refractivity contribution in [2.24, 2.45) is 0 Å². The van der Waals surface area contributed by atoms with Crippen LogP contribution in [-0.2, 0) is 31.0 Å². The quantitative estimate of drug-likeness (QED) is 0.618. The summed E-state index contributed by atoms with van der Waals surface area (Å²) in [5, 5.41) is 12.9. The van der Waals surface area contributed by atoms with Crippen LogP contribution in [0.4, 0.5) is 4.79 Å². The minimum Gasteiger partial charge on any atom is -0.365 e. The number of carbonyl (C=O) groups excluding carboxylic acids is 1. The summed E-state index contributed by atoms with van der Waals surface area (Å²) in [6, 6.07) is 8.36. The number of fused-ring (bicyclic) bond motifs is 2. The van der Waals surface area contributed by atoms with E-state index >= 15 is 0 Å². The summed E-state index contributed by atoms with van der Waals surface area (Å²) < 4.78 is 8.38. The van der Waals surface area contributed by atoms with E-state index in [2.05, 4.69) is 56.0 Å². The molecule has 1 atom stereocenters. The second-order valence-electron chi connectivity index (χ2n) is 8.76. The van der Waals surface area contributed by atoms with Crippen molar-refractivity contribution in [3.63, 3.8) is 0 Å². The van der Waals surface area contributed by atoms with Gasteiger partial charge in [-0.1, -0.05) is 23.4 Å². The summed E-state index contributed by atoms with van der Waals surface area (Å²) in [6.45, 7) is 9.63. The topological polar surface area (TPSA) is 91.3 Å². The molecule has 2 aromatic heterocycles. The van der Waals surface area contributed by atoms with Crippen LogP contribution in [0.25, 0.3) is 10.9 Å². The van der Waals surface area contributed by atoms with Gasteiger partial charge in [-0.15, -0.1) is 5.10 Å². The van der Waals surface area contributed by atoms with Crippen molar-refractivity contribution in [1.82, 2.24) is 35.1 Å². The summed E-state index contributed by atoms with van der Waals surface area (Å²) in [5.41, 5.74) is 4.02. The van der Waals surface area contributed by atoms with E-state index < -0.39 is 0 Å². The van der Waals surface area contributed by atoms with Crippen molar-refractivity contribution in [3.8, 4) is 0 Å². The molecule has 9 heteroatoms. The first kappa shape index (κ1) is 21.0. The third-order valence-corrected chi connectivity index (χ3v) is 6.79. The third kappa shape index (κ3) is 3.86. The molecule has 4 heterocycles. The Morgan fingerprint density at radius 1 is 1.28 bits per heavy atom. The van der Waals surface area contributed by atoms with Gasteiger partial charge in [0, 0.05) is 49.8 Å². The summed E-state index contributed by atoms with van der Waals surface area (Å²) in [5.74, 6) is 0. The maximum atomic E-state index is 12.2. The molecule has 2 aliphatic heterocycles. The Kier molecular flexibility index (Phi) is 5.60. The predicted octanol–water partition coefficient (Wildman–Crippen LogP) is 2.49. The number of aromatic amines is 1. The first-order chi connectivity index (χ1) is 15.6. The molecule has 3 aromatic rings. The van der Waals surface area contributed by atoms with Gasteiger partial charge in [-0.05, 0) is 31.9 Å². The fourth-order valence-electron chi connectivity index (χ4n) is 4.93. The Morgan fingerprint density at radius 2 is 2.12 bits per heavy atom. The molecule has 1 saturated heterocycles. The lowest BCUT2D eigenvalue weighted by atomic mass is 10.0. The highest BCUT2D eigenvalue weighted by molar-refractivity contribution is 5.83. The van der Waals surface area contributed by atoms with Crippen LogP contribution in [0, 0.1) is 0 Å². The highest BCUT2D eigenvalue weighted by atomic mass is 16.5. The van der Waals surface area contributed by atoms with Crippen LogP contribution in [0.15, 0.2) is 30.5 Å². The number of urea groups is 1. The molecule has 2 N–H and O–H groups in total. The first-order valence-electron chi connectivity index (χ1n) is 11.5. The molecule has 0 bridgehead atoms. The fraction of sp³-hybridized carbons (Fsp3) is 0.522. The monoisotopic (exact) mass is 437 g/mol. The summed E-state index contributed by atoms with van der Waals surface area (Å²) >= 11 is 0. The van der Waals surface area contributed by atoms with E-state index in [-0.39, 0.29) is 11.6 Å². The largest absolute Gasteiger partial charge is 0.365 e. The number of H-pyrrole nitrogens is 1. The molecule has 1 spiro atoms. The Balaban J connectivity index is 1.22. The summed E-state index contributed by atoms with van der Waals surface area (Å²) in [7, 11) is 0. The van der Waals surface area contributed by atoms with Gasteiger partial charge in [-0.25, -0.2) is 9.48 Å². The van der Waals surface area contributed by atoms with Crippen molar-refractivity contribution in [2.75, 3.05) is 26.2 Å². The summed E-state index contributed by atoms with van der Waals surface area (Å²) in [4.78, 5) is 19.8. The van der Waals surface area contributed by atoms with Crippen LogP contribution in [0.5, 0.6) is 0 Å². The van der Waals surface area contributed by atoms with Gasteiger partial charge in [0.2, 0.25) is 0 Å². The third-order valence-electron chi connectivity index (χ3n) is 6.79. The number of likely N-dealkylation sites (tertiary alicyclic amines) is 1. The number of rotatable bonds is 6. The van der Waals surface area contributed by atoms with Crippen LogP contribution in [0.3, 0.4) is 0 Å². The molecule has 1 aromatic carbocycles. The lowest BCUT2D eigenvalue weighted by Crippen LogP contribution is -2.44. The lowest BCUT2D eigenvalue weighted by Gasteiger charge is -2.34. The normalized spacial score (nSPS) is 20.7. The SMILES string of the molecule is CCN(CC)C(=O)NCc1nnn2c1COC1(CCN(Cc3c[nH]c4ccccc34)C1)C2. The predicted molar refractivity (Wildman–Crippen MR) is 121 cm³/mol. The van der Waals surface area contributed by atoms with E-state index in [0.717, 1.165) is 37.4 Å². The zero-order valence-corrected chi connectivity index (χ0v) is 18.8. The second-order valence-corrected chi connectivity index (χ2v) is 8.76.